The maximum Gasteiger partial charge on any atom is 0.326 e. The van der Waals surface area contributed by atoms with E-state index in [-0.39, 0.29) is 38.1 Å². The van der Waals surface area contributed by atoms with Crippen LogP contribution in [0, 0.1) is 5.92 Å². The van der Waals surface area contributed by atoms with Crippen LogP contribution in [0.5, 0.6) is 0 Å². The van der Waals surface area contributed by atoms with Crippen molar-refractivity contribution in [2.75, 3.05) is 32.9 Å². The van der Waals surface area contributed by atoms with Crippen LogP contribution in [-0.2, 0) is 68.7 Å². The zero-order chi connectivity index (χ0) is 63.0. The highest BCUT2D eigenvalue weighted by atomic mass is 16.4. The smallest absolute Gasteiger partial charge is 0.326 e. The number of nitrogens with two attached hydrogens (primary N) is 2. The number of carboxylic acid groups (broad SMARTS) is 1. The number of aliphatic hydroxyl groups excluding tert-OH is 6. The molecule has 1 aliphatic rings. The lowest BCUT2D eigenvalue weighted by atomic mass is 10.0. The molecule has 33 heteroatoms. The lowest BCUT2D eigenvalue weighted by Gasteiger charge is -2.31. The number of nitrogens with zero attached hydrogens (tertiary/aromatic N) is 1. The van der Waals surface area contributed by atoms with Crippen LogP contribution >= 0.6 is 0 Å². The number of aliphatic hydroxyl groups is 6. The van der Waals surface area contributed by atoms with Gasteiger partial charge in [-0.15, -0.1) is 0 Å². The van der Waals surface area contributed by atoms with Crippen LogP contribution < -0.4 is 64.6 Å². The monoisotopic (exact) mass is 1180 g/mol. The number of primary amides is 1. The Bertz CT molecular complexity index is 2450. The fraction of sp³-hybridized carbons (Fsp3) is 0.620. The van der Waals surface area contributed by atoms with Gasteiger partial charge >= 0.3 is 5.97 Å². The number of rotatable bonds is 34. The molecule has 1 aromatic carbocycles. The van der Waals surface area contributed by atoms with E-state index >= 15 is 0 Å². The van der Waals surface area contributed by atoms with E-state index in [0.717, 1.165) is 32.6 Å². The minimum Gasteiger partial charge on any atom is -0.480 e. The lowest BCUT2D eigenvalue weighted by Crippen LogP contribution is -2.62. The largest absolute Gasteiger partial charge is 0.480 e. The highest BCUT2D eigenvalue weighted by Crippen LogP contribution is 2.20. The molecule has 1 heterocycles. The summed E-state index contributed by atoms with van der Waals surface area (Å²) in [6.45, 7) is 4.01. The Labute approximate surface area is 476 Å². The second-order valence-corrected chi connectivity index (χ2v) is 20.2. The van der Waals surface area contributed by atoms with E-state index in [9.17, 15) is 93.0 Å². The van der Waals surface area contributed by atoms with Gasteiger partial charge < -0.3 is 105 Å². The molecule has 0 radical (unpaired) electrons. The minimum atomic E-state index is -1.89. The van der Waals surface area contributed by atoms with Crippen LogP contribution in [0.15, 0.2) is 30.3 Å². The second kappa shape index (κ2) is 34.5. The average Bonchev–Trinajstić information content (AvgIpc) is 4.20. The molecule has 464 valence electrons. The van der Waals surface area contributed by atoms with E-state index in [1.807, 2.05) is 0 Å². The van der Waals surface area contributed by atoms with Crippen LogP contribution in [0.25, 0.3) is 0 Å². The number of amides is 12. The third kappa shape index (κ3) is 23.1. The lowest BCUT2D eigenvalue weighted by molar-refractivity contribution is -0.144. The van der Waals surface area contributed by atoms with Crippen molar-refractivity contribution in [1.82, 2.24) is 58.1 Å². The van der Waals surface area contributed by atoms with E-state index in [4.69, 9.17) is 16.6 Å². The summed E-state index contributed by atoms with van der Waals surface area (Å²) in [5.74, 6) is -14.5. The first-order chi connectivity index (χ1) is 38.9. The number of carbonyl (C=O) groups excluding carboxylic acids is 12. The van der Waals surface area contributed by atoms with Crippen molar-refractivity contribution < 1.29 is 98.1 Å². The summed E-state index contributed by atoms with van der Waals surface area (Å²) >= 11 is 0. The average molecular weight is 1180 g/mol. The summed E-state index contributed by atoms with van der Waals surface area (Å²) in [6.07, 6.45) is -5.70. The highest BCUT2D eigenvalue weighted by molar-refractivity contribution is 6.00. The van der Waals surface area contributed by atoms with Crippen molar-refractivity contribution in [1.29, 1.82) is 0 Å². The first-order valence-corrected chi connectivity index (χ1v) is 26.3. The zero-order valence-electron chi connectivity index (χ0n) is 46.7. The molecule has 1 aromatic rings. The second-order valence-electron chi connectivity index (χ2n) is 20.2. The van der Waals surface area contributed by atoms with Gasteiger partial charge in [0.2, 0.25) is 70.9 Å². The van der Waals surface area contributed by atoms with Gasteiger partial charge in [-0.2, -0.15) is 0 Å². The van der Waals surface area contributed by atoms with E-state index in [0.29, 0.717) is 5.56 Å². The third-order valence-corrected chi connectivity index (χ3v) is 12.6. The summed E-state index contributed by atoms with van der Waals surface area (Å²) < 4.78 is 0. The Hall–Kier alpha value is -7.95. The van der Waals surface area contributed by atoms with Crippen molar-refractivity contribution in [2.45, 2.75) is 158 Å². The Kier molecular flexibility index (Phi) is 29.6. The van der Waals surface area contributed by atoms with E-state index in [1.165, 1.54) is 0 Å². The molecule has 0 spiro atoms. The minimum absolute atomic E-state index is 0.0159. The van der Waals surface area contributed by atoms with Crippen LogP contribution in [0.1, 0.15) is 72.8 Å². The molecule has 1 fully saturated rings. The van der Waals surface area contributed by atoms with Gasteiger partial charge in [0.15, 0.2) is 0 Å². The molecule has 12 amide bonds. The van der Waals surface area contributed by atoms with Crippen LogP contribution in [0.3, 0.4) is 0 Å². The number of carboxylic acids is 1. The van der Waals surface area contributed by atoms with Crippen LogP contribution in [-0.4, -0.2) is 235 Å². The fourth-order valence-electron chi connectivity index (χ4n) is 8.09. The number of likely N-dealkylation sites (tertiary alicyclic amines) is 1. The molecule has 1 aliphatic heterocycles. The van der Waals surface area contributed by atoms with Crippen molar-refractivity contribution >= 4 is 76.9 Å². The molecule has 0 saturated carbocycles. The van der Waals surface area contributed by atoms with E-state index < -0.39 is 194 Å². The molecule has 0 unspecified atom stereocenters. The first-order valence-electron chi connectivity index (χ1n) is 26.3. The Balaban J connectivity index is 2.16. The van der Waals surface area contributed by atoms with Gasteiger partial charge in [-0.3, -0.25) is 57.5 Å². The molecular weight excluding hydrogens is 1100 g/mol. The Morgan fingerprint density at radius 2 is 1.05 bits per heavy atom. The highest BCUT2D eigenvalue weighted by Gasteiger charge is 2.42. The summed E-state index contributed by atoms with van der Waals surface area (Å²) in [5.41, 5.74) is 11.1. The molecule has 33 nitrogen and oxygen atoms in total. The summed E-state index contributed by atoms with van der Waals surface area (Å²) in [4.78, 5) is 171. The number of hydrogen-bond acceptors (Lipinski definition) is 20. The molecule has 2 rings (SSSR count). The summed E-state index contributed by atoms with van der Waals surface area (Å²) in [6, 6.07) is -9.70. The van der Waals surface area contributed by atoms with Crippen molar-refractivity contribution in [2.24, 2.45) is 17.4 Å². The molecule has 0 bridgehead atoms. The third-order valence-electron chi connectivity index (χ3n) is 12.6. The fourth-order valence-corrected chi connectivity index (χ4v) is 8.09. The number of benzene rings is 1. The van der Waals surface area contributed by atoms with E-state index in [2.05, 4.69) is 53.2 Å². The van der Waals surface area contributed by atoms with Gasteiger partial charge in [0.05, 0.1) is 51.1 Å². The van der Waals surface area contributed by atoms with E-state index in [1.54, 1.807) is 44.2 Å². The quantitative estimate of drug-likeness (QED) is 0.0305. The SMILES string of the molecule is CC(C)C[C@H](NC(=O)[C@H](CO)NC(=O)[C@@H](NC(=O)[C@H](Cc1ccccc1)NC(=O)[C@@H]1CCCN1C(=O)[C@@H](NC(=O)CNC(=O)[C@H](C)NC(=O)[C@H](CO)NC(=O)[C@@H](NC(=O)[C@H](CC(N)=O)NC(=O)[C@@H](N)CO)[C@@H](C)O)[C@@H](C)O)[C@@H](C)O)C(=O)O. The molecule has 0 aromatic heterocycles. The first kappa shape index (κ1) is 71.2. The summed E-state index contributed by atoms with van der Waals surface area (Å²) in [5, 5.41) is 92.5. The van der Waals surface area contributed by atoms with Crippen molar-refractivity contribution in [3.05, 3.63) is 35.9 Å². The maximum absolute atomic E-state index is 14.1. The molecule has 21 N–H and O–H groups in total. The number of carbonyl (C=O) groups is 13. The van der Waals surface area contributed by atoms with Gasteiger partial charge in [-0.05, 0) is 58.4 Å². The normalized spacial score (nSPS) is 17.7. The standard InChI is InChI=1S/C50H79N13O20/c1-22(2)15-31(50(82)83)57-45(77)33(21-66)59-48(80)37(24(4)67)61-42(74)29(16-27-11-8-7-9-12-27)56-46(78)34-13-10-14-63(34)49(81)39(26(6)69)60-36(71)18-53-40(72)23(3)54-44(76)32(20-65)58-47(79)38(25(5)68)62-43(75)30(17-35(52)70)55-41(73)28(51)19-64/h7-9,11-12,22-26,28-34,37-39,64-69H,10,13-21,51H2,1-6H3,(H2,52,70)(H,53,72)(H,54,76)(H,55,73)(H,56,78)(H,57,77)(H,58,79)(H,59,80)(H,60,71)(H,61,74)(H,62,75)(H,82,83)/t23-,24+,25+,26+,28-,29-,30-,31-,32-,33-,34-,37-,38-,39-/m0/s1. The number of nitrogens with one attached hydrogen (secondary N) is 10. The number of aliphatic carboxylic acids is 1. The predicted octanol–water partition coefficient (Wildman–Crippen LogP) is -9.83. The maximum atomic E-state index is 14.1. The van der Waals surface area contributed by atoms with Crippen LogP contribution in [0.4, 0.5) is 0 Å². The molecule has 83 heavy (non-hydrogen) atoms. The van der Waals surface area contributed by atoms with Crippen molar-refractivity contribution in [3.63, 3.8) is 0 Å². The zero-order valence-corrected chi connectivity index (χ0v) is 46.7. The van der Waals surface area contributed by atoms with Gasteiger partial charge in [0.1, 0.15) is 66.5 Å². The van der Waals surface area contributed by atoms with Gasteiger partial charge in [0.25, 0.3) is 0 Å². The Morgan fingerprint density at radius 1 is 0.566 bits per heavy atom. The Morgan fingerprint density at radius 3 is 1.52 bits per heavy atom. The molecule has 14 atom stereocenters. The number of hydrogen-bond donors (Lipinski definition) is 19. The molecule has 1 saturated heterocycles. The van der Waals surface area contributed by atoms with Crippen molar-refractivity contribution in [3.8, 4) is 0 Å². The van der Waals surface area contributed by atoms with Gasteiger partial charge in [0, 0.05) is 13.0 Å². The van der Waals surface area contributed by atoms with Gasteiger partial charge in [-0.1, -0.05) is 44.2 Å². The molecular formula is C50H79N13O20. The van der Waals surface area contributed by atoms with Gasteiger partial charge in [-0.25, -0.2) is 4.79 Å². The topological polar surface area (TPSA) is 539 Å². The predicted molar refractivity (Wildman–Crippen MR) is 286 cm³/mol. The molecule has 0 aliphatic carbocycles. The summed E-state index contributed by atoms with van der Waals surface area (Å²) in [7, 11) is 0. The van der Waals surface area contributed by atoms with Crippen LogP contribution in [0.2, 0.25) is 0 Å².